The monoisotopic (exact) mass is 429 g/mol. The van der Waals surface area contributed by atoms with E-state index in [1.807, 2.05) is 41.0 Å². The van der Waals surface area contributed by atoms with Crippen molar-refractivity contribution < 1.29 is 9.47 Å². The number of methoxy groups -OCH3 is 2. The molecule has 0 fully saturated rings. The van der Waals surface area contributed by atoms with Gasteiger partial charge in [0.1, 0.15) is 22.4 Å². The number of hydrogen-bond donors (Lipinski definition) is 0. The normalized spacial score (nSPS) is 11.7. The molecule has 0 atom stereocenters. The second-order valence-corrected chi connectivity index (χ2v) is 8.09. The topological polar surface area (TPSA) is 84.1 Å². The Morgan fingerprint density at radius 3 is 2.22 bits per heavy atom. The fourth-order valence-corrected chi connectivity index (χ4v) is 3.96. The molecule has 0 aliphatic carbocycles. The van der Waals surface area contributed by atoms with Crippen LogP contribution in [0.1, 0.15) is 13.8 Å². The van der Waals surface area contributed by atoms with Gasteiger partial charge in [0.25, 0.3) is 5.56 Å². The molecule has 0 unspecified atom stereocenters. The molecule has 5 rings (SSSR count). The Bertz CT molecular complexity index is 1510. The highest BCUT2D eigenvalue weighted by Gasteiger charge is 2.21. The number of para-hydroxylation sites is 2. The Hall–Kier alpha value is -3.94. The minimum atomic E-state index is -0.133. The first-order valence-electron chi connectivity index (χ1n) is 10.4. The zero-order valence-corrected chi connectivity index (χ0v) is 18.4. The van der Waals surface area contributed by atoms with Gasteiger partial charge in [-0.3, -0.25) is 13.9 Å². The Labute approximate surface area is 184 Å². The van der Waals surface area contributed by atoms with Crippen molar-refractivity contribution in [1.82, 2.24) is 24.1 Å². The number of benzene rings is 2. The van der Waals surface area contributed by atoms with Crippen LogP contribution >= 0.6 is 0 Å². The molecule has 32 heavy (non-hydrogen) atoms. The molecule has 0 radical (unpaired) electrons. The lowest BCUT2D eigenvalue weighted by Crippen LogP contribution is -2.23. The second-order valence-electron chi connectivity index (χ2n) is 8.09. The molecule has 0 amide bonds. The highest BCUT2D eigenvalue weighted by atomic mass is 16.5. The van der Waals surface area contributed by atoms with Crippen molar-refractivity contribution in [1.29, 1.82) is 0 Å². The maximum absolute atomic E-state index is 13.5. The Kier molecular flexibility index (Phi) is 4.77. The van der Waals surface area contributed by atoms with Gasteiger partial charge in [-0.15, -0.1) is 0 Å². The average Bonchev–Trinajstić information content (AvgIpc) is 3.12. The van der Waals surface area contributed by atoms with Gasteiger partial charge in [-0.05, 0) is 18.1 Å². The van der Waals surface area contributed by atoms with Gasteiger partial charge in [0.05, 0.1) is 37.3 Å². The van der Waals surface area contributed by atoms with Crippen LogP contribution in [0.5, 0.6) is 11.5 Å². The van der Waals surface area contributed by atoms with E-state index in [0.29, 0.717) is 46.2 Å². The van der Waals surface area contributed by atoms with Crippen LogP contribution in [0.4, 0.5) is 0 Å². The Balaban J connectivity index is 1.94. The molecule has 2 aromatic carbocycles. The first-order chi connectivity index (χ1) is 15.5. The Morgan fingerprint density at radius 1 is 0.938 bits per heavy atom. The minimum Gasteiger partial charge on any atom is -0.497 e. The maximum Gasteiger partial charge on any atom is 0.265 e. The molecule has 0 spiro atoms. The van der Waals surface area contributed by atoms with Crippen molar-refractivity contribution in [3.63, 3.8) is 0 Å². The molecular weight excluding hydrogens is 406 g/mol. The van der Waals surface area contributed by atoms with Crippen LogP contribution in [0, 0.1) is 5.92 Å². The number of aromatic nitrogens is 5. The fourth-order valence-electron chi connectivity index (χ4n) is 3.96. The van der Waals surface area contributed by atoms with Crippen LogP contribution in [0.15, 0.2) is 53.6 Å². The van der Waals surface area contributed by atoms with Gasteiger partial charge in [0, 0.05) is 24.7 Å². The smallest absolute Gasteiger partial charge is 0.265 e. The van der Waals surface area contributed by atoms with Crippen LogP contribution in [0.25, 0.3) is 38.9 Å². The van der Waals surface area contributed by atoms with E-state index in [9.17, 15) is 4.79 Å². The van der Waals surface area contributed by atoms with E-state index < -0.39 is 0 Å². The summed E-state index contributed by atoms with van der Waals surface area (Å²) in [7, 11) is 3.20. The number of rotatable bonds is 5. The van der Waals surface area contributed by atoms with Crippen molar-refractivity contribution in [2.24, 2.45) is 5.92 Å². The molecule has 0 bridgehead atoms. The zero-order chi connectivity index (χ0) is 22.4. The van der Waals surface area contributed by atoms with Gasteiger partial charge < -0.3 is 9.47 Å². The molecule has 0 aliphatic rings. The molecule has 3 heterocycles. The van der Waals surface area contributed by atoms with Crippen molar-refractivity contribution in [2.45, 2.75) is 20.4 Å². The summed E-state index contributed by atoms with van der Waals surface area (Å²) in [4.78, 5) is 27.9. The molecule has 0 saturated carbocycles. The zero-order valence-electron chi connectivity index (χ0n) is 18.4. The summed E-state index contributed by atoms with van der Waals surface area (Å²) in [6.07, 6.45) is 1.59. The lowest BCUT2D eigenvalue weighted by atomic mass is 10.2. The van der Waals surface area contributed by atoms with Crippen molar-refractivity contribution in [2.75, 3.05) is 14.2 Å². The van der Waals surface area contributed by atoms with E-state index >= 15 is 0 Å². The maximum atomic E-state index is 13.5. The summed E-state index contributed by atoms with van der Waals surface area (Å²) in [6.45, 7) is 4.70. The first kappa shape index (κ1) is 20.0. The number of nitrogens with zero attached hydrogens (tertiary/aromatic N) is 5. The van der Waals surface area contributed by atoms with E-state index in [1.165, 1.54) is 0 Å². The fraction of sp³-hybridized carbons (Fsp3) is 0.250. The van der Waals surface area contributed by atoms with E-state index in [4.69, 9.17) is 19.4 Å². The molecule has 162 valence electrons. The van der Waals surface area contributed by atoms with Crippen molar-refractivity contribution >= 4 is 33.2 Å². The first-order valence-corrected chi connectivity index (χ1v) is 10.4. The number of fused-ring (bicyclic) bond motifs is 4. The molecule has 0 N–H and O–H groups in total. The quantitative estimate of drug-likeness (QED) is 0.421. The van der Waals surface area contributed by atoms with E-state index in [2.05, 4.69) is 18.8 Å². The highest BCUT2D eigenvalue weighted by molar-refractivity contribution is 6.05. The third-order valence-corrected chi connectivity index (χ3v) is 5.39. The molecule has 5 aromatic rings. The van der Waals surface area contributed by atoms with Gasteiger partial charge in [-0.1, -0.05) is 26.0 Å². The third-order valence-electron chi connectivity index (χ3n) is 5.39. The van der Waals surface area contributed by atoms with Gasteiger partial charge in [0.2, 0.25) is 0 Å². The van der Waals surface area contributed by atoms with Crippen molar-refractivity contribution in [3.8, 4) is 17.2 Å². The SMILES string of the molecule is COc1cc(OC)cc(-n2c3nc4ccccc4nc3c3c(=O)n(CC(C)C)cnc32)c1. The van der Waals surface area contributed by atoms with Gasteiger partial charge in [-0.25, -0.2) is 15.0 Å². The predicted molar refractivity (Wildman–Crippen MR) is 124 cm³/mol. The summed E-state index contributed by atoms with van der Waals surface area (Å²) in [5, 5.41) is 0.447. The highest BCUT2D eigenvalue weighted by Crippen LogP contribution is 2.32. The van der Waals surface area contributed by atoms with Crippen LogP contribution in [-0.2, 0) is 6.54 Å². The van der Waals surface area contributed by atoms with Gasteiger partial charge in [0.15, 0.2) is 11.3 Å². The predicted octanol–water partition coefficient (Wildman–Crippen LogP) is 3.96. The summed E-state index contributed by atoms with van der Waals surface area (Å²) >= 11 is 0. The van der Waals surface area contributed by atoms with E-state index in [0.717, 1.165) is 16.7 Å². The molecule has 8 nitrogen and oxygen atoms in total. The lowest BCUT2D eigenvalue weighted by Gasteiger charge is -2.11. The summed E-state index contributed by atoms with van der Waals surface area (Å²) < 4.78 is 14.4. The van der Waals surface area contributed by atoms with Crippen LogP contribution in [-0.4, -0.2) is 38.3 Å². The van der Waals surface area contributed by atoms with Gasteiger partial charge >= 0.3 is 0 Å². The number of ether oxygens (including phenoxy) is 2. The third kappa shape index (κ3) is 3.15. The summed E-state index contributed by atoms with van der Waals surface area (Å²) in [5.74, 6) is 1.54. The molecule has 0 aliphatic heterocycles. The van der Waals surface area contributed by atoms with Crippen LogP contribution in [0.3, 0.4) is 0 Å². The molecule has 8 heteroatoms. The van der Waals surface area contributed by atoms with E-state index in [1.54, 1.807) is 31.2 Å². The lowest BCUT2D eigenvalue weighted by molar-refractivity contribution is 0.394. The number of hydrogen-bond acceptors (Lipinski definition) is 6. The van der Waals surface area contributed by atoms with Crippen molar-refractivity contribution in [3.05, 3.63) is 59.1 Å². The standard InChI is InChI=1S/C24H23N5O3/c1-14(2)12-28-13-25-22-20(24(28)30)21-23(27-19-8-6-5-7-18(19)26-21)29(22)15-9-16(31-3)11-17(10-15)32-4/h5-11,13-14H,12H2,1-4H3. The summed E-state index contributed by atoms with van der Waals surface area (Å²) in [5.41, 5.74) is 3.63. The molecule has 3 aromatic heterocycles. The Morgan fingerprint density at radius 2 is 1.59 bits per heavy atom. The van der Waals surface area contributed by atoms with E-state index in [-0.39, 0.29) is 5.56 Å². The largest absolute Gasteiger partial charge is 0.497 e. The minimum absolute atomic E-state index is 0.133. The van der Waals surface area contributed by atoms with Crippen LogP contribution in [0.2, 0.25) is 0 Å². The van der Waals surface area contributed by atoms with Crippen LogP contribution < -0.4 is 15.0 Å². The summed E-state index contributed by atoms with van der Waals surface area (Å²) in [6, 6.07) is 13.1. The molecular formula is C24H23N5O3. The molecule has 0 saturated heterocycles. The second kappa shape index (κ2) is 7.64. The van der Waals surface area contributed by atoms with Gasteiger partial charge in [-0.2, -0.15) is 0 Å². The average molecular weight is 429 g/mol.